The van der Waals surface area contributed by atoms with Gasteiger partial charge in [-0.05, 0) is 42.0 Å². The normalized spacial score (nSPS) is 12.8. The van der Waals surface area contributed by atoms with E-state index < -0.39 is 0 Å². The van der Waals surface area contributed by atoms with E-state index in [1.54, 1.807) is 7.11 Å². The molecule has 0 saturated heterocycles. The molecule has 1 N–H and O–H groups in total. The molecule has 28 heavy (non-hydrogen) atoms. The highest BCUT2D eigenvalue weighted by molar-refractivity contribution is 5.94. The molecule has 0 saturated carbocycles. The van der Waals surface area contributed by atoms with Crippen molar-refractivity contribution in [2.75, 3.05) is 12.4 Å². The molecule has 3 aromatic rings. The van der Waals surface area contributed by atoms with Crippen LogP contribution in [0.5, 0.6) is 5.75 Å². The highest BCUT2D eigenvalue weighted by Gasteiger charge is 2.20. The molecule has 0 bridgehead atoms. The molecule has 148 valence electrons. The SMILES string of the molecule is COc1cccc(-c2nc3ccccn3c2NC(=O)CC(C)CC(C)(C)C)c1. The van der Waals surface area contributed by atoms with Gasteiger partial charge in [0, 0.05) is 18.2 Å². The molecule has 0 radical (unpaired) electrons. The van der Waals surface area contributed by atoms with Crippen LogP contribution in [0, 0.1) is 11.3 Å². The van der Waals surface area contributed by atoms with Gasteiger partial charge in [0.15, 0.2) is 0 Å². The Hall–Kier alpha value is -2.82. The smallest absolute Gasteiger partial charge is 0.225 e. The molecule has 0 aliphatic heterocycles. The number of anilines is 1. The number of carbonyl (C=O) groups is 1. The molecule has 5 nitrogen and oxygen atoms in total. The number of pyridine rings is 1. The summed E-state index contributed by atoms with van der Waals surface area (Å²) in [6.07, 6.45) is 3.39. The minimum absolute atomic E-state index is 0.00606. The van der Waals surface area contributed by atoms with Crippen LogP contribution >= 0.6 is 0 Å². The number of hydrogen-bond acceptors (Lipinski definition) is 3. The standard InChI is InChI=1S/C23H29N3O2/c1-16(15-23(2,3)4)13-20(27)25-22-21(17-9-8-10-18(14-17)28-5)24-19-11-6-7-12-26(19)22/h6-12,14,16H,13,15H2,1-5H3,(H,25,27). The molecular formula is C23H29N3O2. The van der Waals surface area contributed by atoms with Crippen molar-refractivity contribution in [1.82, 2.24) is 9.38 Å². The Balaban J connectivity index is 1.92. The minimum atomic E-state index is 0.00606. The zero-order valence-corrected chi connectivity index (χ0v) is 17.3. The molecule has 0 aliphatic carbocycles. The lowest BCUT2D eigenvalue weighted by Gasteiger charge is -2.22. The van der Waals surface area contributed by atoms with Crippen molar-refractivity contribution < 1.29 is 9.53 Å². The van der Waals surface area contributed by atoms with E-state index in [4.69, 9.17) is 9.72 Å². The summed E-state index contributed by atoms with van der Waals surface area (Å²) in [5.41, 5.74) is 2.63. The number of rotatable bonds is 6. The molecule has 0 fully saturated rings. The molecule has 1 amide bonds. The number of aromatic nitrogens is 2. The van der Waals surface area contributed by atoms with Crippen molar-refractivity contribution >= 4 is 17.4 Å². The highest BCUT2D eigenvalue weighted by atomic mass is 16.5. The Bertz CT molecular complexity index is 969. The van der Waals surface area contributed by atoms with Crippen LogP contribution in [0.3, 0.4) is 0 Å². The van der Waals surface area contributed by atoms with Crippen LogP contribution in [-0.2, 0) is 4.79 Å². The number of imidazole rings is 1. The van der Waals surface area contributed by atoms with Crippen LogP contribution in [0.15, 0.2) is 48.7 Å². The predicted octanol–water partition coefficient (Wildman–Crippen LogP) is 5.41. The first-order chi connectivity index (χ1) is 13.3. The third-order valence-electron chi connectivity index (χ3n) is 4.63. The van der Waals surface area contributed by atoms with Crippen molar-refractivity contribution in [1.29, 1.82) is 0 Å². The lowest BCUT2D eigenvalue weighted by molar-refractivity contribution is -0.117. The van der Waals surface area contributed by atoms with E-state index >= 15 is 0 Å². The number of amides is 1. The van der Waals surface area contributed by atoms with Crippen LogP contribution in [-0.4, -0.2) is 22.4 Å². The van der Waals surface area contributed by atoms with Gasteiger partial charge in [-0.25, -0.2) is 4.98 Å². The molecule has 0 aliphatic rings. The summed E-state index contributed by atoms with van der Waals surface area (Å²) >= 11 is 0. The highest BCUT2D eigenvalue weighted by Crippen LogP contribution is 2.32. The van der Waals surface area contributed by atoms with Gasteiger partial charge in [-0.15, -0.1) is 0 Å². The van der Waals surface area contributed by atoms with Crippen molar-refractivity contribution in [3.05, 3.63) is 48.7 Å². The van der Waals surface area contributed by atoms with Gasteiger partial charge in [-0.1, -0.05) is 45.9 Å². The Morgan fingerprint density at radius 1 is 1.21 bits per heavy atom. The number of fused-ring (bicyclic) bond motifs is 1. The minimum Gasteiger partial charge on any atom is -0.497 e. The van der Waals surface area contributed by atoms with Crippen molar-refractivity contribution in [3.8, 4) is 17.0 Å². The third-order valence-corrected chi connectivity index (χ3v) is 4.63. The van der Waals surface area contributed by atoms with Gasteiger partial charge in [-0.2, -0.15) is 0 Å². The van der Waals surface area contributed by atoms with Crippen molar-refractivity contribution in [2.24, 2.45) is 11.3 Å². The largest absolute Gasteiger partial charge is 0.497 e. The first-order valence-corrected chi connectivity index (χ1v) is 9.68. The quantitative estimate of drug-likeness (QED) is 0.623. The molecule has 3 rings (SSSR count). The zero-order valence-electron chi connectivity index (χ0n) is 17.3. The van der Waals surface area contributed by atoms with Crippen LogP contribution in [0.4, 0.5) is 5.82 Å². The fourth-order valence-electron chi connectivity index (χ4n) is 3.70. The van der Waals surface area contributed by atoms with E-state index in [0.29, 0.717) is 18.2 Å². The van der Waals surface area contributed by atoms with E-state index in [1.807, 2.05) is 53.1 Å². The van der Waals surface area contributed by atoms with Gasteiger partial charge in [0.2, 0.25) is 5.91 Å². The number of hydrogen-bond donors (Lipinski definition) is 1. The van der Waals surface area contributed by atoms with Gasteiger partial charge < -0.3 is 10.1 Å². The summed E-state index contributed by atoms with van der Waals surface area (Å²) in [7, 11) is 1.64. The average molecular weight is 380 g/mol. The molecular weight excluding hydrogens is 350 g/mol. The summed E-state index contributed by atoms with van der Waals surface area (Å²) in [4.78, 5) is 17.5. The fourth-order valence-corrected chi connectivity index (χ4v) is 3.70. The van der Waals surface area contributed by atoms with E-state index in [2.05, 4.69) is 33.0 Å². The Morgan fingerprint density at radius 2 is 2.00 bits per heavy atom. The zero-order chi connectivity index (χ0) is 20.3. The van der Waals surface area contributed by atoms with Gasteiger partial charge >= 0.3 is 0 Å². The summed E-state index contributed by atoms with van der Waals surface area (Å²) in [6.45, 7) is 8.73. The maximum absolute atomic E-state index is 12.8. The number of carbonyl (C=O) groups excluding carboxylic acids is 1. The molecule has 2 heterocycles. The topological polar surface area (TPSA) is 55.6 Å². The number of benzene rings is 1. The lowest BCUT2D eigenvalue weighted by atomic mass is 9.84. The first kappa shape index (κ1) is 19.9. The van der Waals surface area contributed by atoms with E-state index in [1.165, 1.54) is 0 Å². The van der Waals surface area contributed by atoms with E-state index in [-0.39, 0.29) is 11.3 Å². The average Bonchev–Trinajstić information content (AvgIpc) is 2.98. The van der Waals surface area contributed by atoms with Gasteiger partial charge in [-0.3, -0.25) is 9.20 Å². The summed E-state index contributed by atoms with van der Waals surface area (Å²) < 4.78 is 7.27. The van der Waals surface area contributed by atoms with E-state index in [0.717, 1.165) is 29.1 Å². The fraction of sp³-hybridized carbons (Fsp3) is 0.391. The molecule has 2 aromatic heterocycles. The molecule has 1 atom stereocenters. The molecule has 1 unspecified atom stereocenters. The Morgan fingerprint density at radius 3 is 2.71 bits per heavy atom. The molecule has 0 spiro atoms. The van der Waals surface area contributed by atoms with Crippen LogP contribution in [0.25, 0.3) is 16.9 Å². The Kier molecular flexibility index (Phi) is 5.73. The summed E-state index contributed by atoms with van der Waals surface area (Å²) in [5.74, 6) is 1.76. The van der Waals surface area contributed by atoms with Crippen molar-refractivity contribution in [2.45, 2.75) is 40.5 Å². The van der Waals surface area contributed by atoms with Crippen LogP contribution < -0.4 is 10.1 Å². The lowest BCUT2D eigenvalue weighted by Crippen LogP contribution is -2.19. The van der Waals surface area contributed by atoms with Crippen LogP contribution in [0.1, 0.15) is 40.5 Å². The second kappa shape index (κ2) is 8.05. The number of methoxy groups -OCH3 is 1. The third kappa shape index (κ3) is 4.71. The second-order valence-corrected chi connectivity index (χ2v) is 8.59. The number of nitrogens with one attached hydrogen (secondary N) is 1. The second-order valence-electron chi connectivity index (χ2n) is 8.59. The van der Waals surface area contributed by atoms with Crippen molar-refractivity contribution in [3.63, 3.8) is 0 Å². The summed E-state index contributed by atoms with van der Waals surface area (Å²) in [5, 5.41) is 3.11. The predicted molar refractivity (Wildman–Crippen MR) is 114 cm³/mol. The number of nitrogens with zero attached hydrogens (tertiary/aromatic N) is 2. The van der Waals surface area contributed by atoms with E-state index in [9.17, 15) is 4.79 Å². The Labute approximate surface area is 166 Å². The maximum Gasteiger partial charge on any atom is 0.225 e. The van der Waals surface area contributed by atoms with Gasteiger partial charge in [0.05, 0.1) is 7.11 Å². The molecule has 5 heteroatoms. The molecule has 1 aromatic carbocycles. The maximum atomic E-state index is 12.8. The van der Waals surface area contributed by atoms with Gasteiger partial charge in [0.1, 0.15) is 22.9 Å². The first-order valence-electron chi connectivity index (χ1n) is 9.68. The summed E-state index contributed by atoms with van der Waals surface area (Å²) in [6, 6.07) is 13.5. The monoisotopic (exact) mass is 379 g/mol. The van der Waals surface area contributed by atoms with Gasteiger partial charge in [0.25, 0.3) is 0 Å². The number of ether oxygens (including phenoxy) is 1. The van der Waals surface area contributed by atoms with Crippen LogP contribution in [0.2, 0.25) is 0 Å².